The zero-order valence-electron chi connectivity index (χ0n) is 15.3. The molecule has 0 aliphatic carbocycles. The average molecular weight is 372 g/mol. The van der Waals surface area contributed by atoms with E-state index >= 15 is 0 Å². The lowest BCUT2D eigenvalue weighted by molar-refractivity contribution is 0.490. The van der Waals surface area contributed by atoms with Gasteiger partial charge in [-0.3, -0.25) is 0 Å². The standard InChI is InChI=1S/C16H36Cl2OSi2/c1-13(2)9-20(17,10-14(3)4)19-21(18,11-15(5)6)12-16(7)8/h13-16H,9-12H2,1-8H3. The fraction of sp³-hybridized carbons (Fsp3) is 1.00. The van der Waals surface area contributed by atoms with Crippen molar-refractivity contribution in [3.63, 3.8) is 0 Å². The van der Waals surface area contributed by atoms with Gasteiger partial charge in [0.05, 0.1) is 0 Å². The van der Waals surface area contributed by atoms with Crippen molar-refractivity contribution in [2.45, 2.75) is 79.6 Å². The van der Waals surface area contributed by atoms with Crippen LogP contribution in [-0.2, 0) is 4.12 Å². The molecule has 0 atom stereocenters. The van der Waals surface area contributed by atoms with Gasteiger partial charge in [-0.1, -0.05) is 55.4 Å². The van der Waals surface area contributed by atoms with Crippen molar-refractivity contribution in [3.05, 3.63) is 0 Å². The van der Waals surface area contributed by atoms with Crippen LogP contribution in [0.15, 0.2) is 0 Å². The summed E-state index contributed by atoms with van der Waals surface area (Å²) in [7, 11) is -4.49. The van der Waals surface area contributed by atoms with Crippen LogP contribution >= 0.6 is 22.2 Å². The first kappa shape index (κ1) is 22.0. The van der Waals surface area contributed by atoms with Crippen molar-refractivity contribution in [2.75, 3.05) is 0 Å². The molecule has 0 aliphatic rings. The molecule has 0 fully saturated rings. The van der Waals surface area contributed by atoms with Crippen LogP contribution in [0.2, 0.25) is 24.2 Å². The maximum absolute atomic E-state index is 7.05. The van der Waals surface area contributed by atoms with Crippen LogP contribution in [-0.4, -0.2) is 15.3 Å². The minimum absolute atomic E-state index is 0.570. The van der Waals surface area contributed by atoms with Crippen LogP contribution in [0.1, 0.15) is 55.4 Å². The van der Waals surface area contributed by atoms with E-state index in [0.717, 1.165) is 24.2 Å². The van der Waals surface area contributed by atoms with E-state index in [0.29, 0.717) is 23.7 Å². The molecule has 0 aromatic carbocycles. The van der Waals surface area contributed by atoms with E-state index in [9.17, 15) is 0 Å². The SMILES string of the molecule is CC(C)C[Si](Cl)(CC(C)C)O[Si](Cl)(CC(C)C)CC(C)C. The molecule has 128 valence electrons. The zero-order chi connectivity index (χ0) is 16.8. The normalized spacial score (nSPS) is 14.0. The van der Waals surface area contributed by atoms with Gasteiger partial charge in [0.25, 0.3) is 15.3 Å². The fourth-order valence-electron chi connectivity index (χ4n) is 3.10. The van der Waals surface area contributed by atoms with Gasteiger partial charge in [-0.15, -0.1) is 22.2 Å². The fourth-order valence-corrected chi connectivity index (χ4v) is 19.0. The highest BCUT2D eigenvalue weighted by atomic mass is 35.6. The maximum atomic E-state index is 7.05. The molecule has 0 bridgehead atoms. The molecular formula is C16H36Cl2OSi2. The molecule has 0 radical (unpaired) electrons. The predicted octanol–water partition coefficient (Wildman–Crippen LogP) is 6.99. The topological polar surface area (TPSA) is 9.23 Å². The monoisotopic (exact) mass is 370 g/mol. The number of hydrogen-bond acceptors (Lipinski definition) is 1. The smallest absolute Gasteiger partial charge is 0.281 e. The Morgan fingerprint density at radius 3 is 0.905 bits per heavy atom. The lowest BCUT2D eigenvalue weighted by Crippen LogP contribution is -2.47. The summed E-state index contributed by atoms with van der Waals surface area (Å²) >= 11 is 14.1. The Morgan fingerprint density at radius 1 is 0.571 bits per heavy atom. The van der Waals surface area contributed by atoms with Crippen LogP contribution in [0.25, 0.3) is 0 Å². The molecule has 0 heterocycles. The Balaban J connectivity index is 5.18. The van der Waals surface area contributed by atoms with Crippen LogP contribution in [0, 0.1) is 23.7 Å². The van der Waals surface area contributed by atoms with Gasteiger partial charge in [0, 0.05) is 0 Å². The second-order valence-corrected chi connectivity index (χ2v) is 18.4. The second-order valence-electron chi connectivity index (χ2n) is 8.26. The van der Waals surface area contributed by atoms with Crippen LogP contribution in [0.4, 0.5) is 0 Å². The van der Waals surface area contributed by atoms with Crippen molar-refractivity contribution in [2.24, 2.45) is 23.7 Å². The molecule has 0 rings (SSSR count). The molecule has 0 saturated carbocycles. The summed E-state index contributed by atoms with van der Waals surface area (Å²) in [6.07, 6.45) is 0. The lowest BCUT2D eigenvalue weighted by atomic mass is 10.3. The molecule has 0 saturated heterocycles. The van der Waals surface area contributed by atoms with Crippen LogP contribution in [0.5, 0.6) is 0 Å². The molecule has 0 amide bonds. The predicted molar refractivity (Wildman–Crippen MR) is 103 cm³/mol. The van der Waals surface area contributed by atoms with Crippen molar-refractivity contribution in [3.8, 4) is 0 Å². The van der Waals surface area contributed by atoms with E-state index in [1.54, 1.807) is 0 Å². The van der Waals surface area contributed by atoms with E-state index in [4.69, 9.17) is 26.3 Å². The molecule has 0 aromatic rings. The highest BCUT2D eigenvalue weighted by Gasteiger charge is 2.45. The van der Waals surface area contributed by atoms with E-state index in [2.05, 4.69) is 55.4 Å². The van der Waals surface area contributed by atoms with Gasteiger partial charge in [0.2, 0.25) is 0 Å². The first-order valence-corrected chi connectivity index (χ1v) is 15.1. The molecule has 0 unspecified atom stereocenters. The summed E-state index contributed by atoms with van der Waals surface area (Å²) in [5.41, 5.74) is 0. The van der Waals surface area contributed by atoms with E-state index < -0.39 is 15.3 Å². The Kier molecular flexibility index (Phi) is 9.75. The molecule has 0 spiro atoms. The van der Waals surface area contributed by atoms with Crippen LogP contribution in [0.3, 0.4) is 0 Å². The van der Waals surface area contributed by atoms with Gasteiger partial charge in [-0.2, -0.15) is 0 Å². The van der Waals surface area contributed by atoms with Crippen molar-refractivity contribution in [1.29, 1.82) is 0 Å². The quantitative estimate of drug-likeness (QED) is 0.297. The largest absolute Gasteiger partial charge is 0.433 e. The number of rotatable bonds is 10. The highest BCUT2D eigenvalue weighted by Crippen LogP contribution is 2.39. The molecule has 1 nitrogen and oxygen atoms in total. The van der Waals surface area contributed by atoms with Gasteiger partial charge < -0.3 is 4.12 Å². The number of hydrogen-bond donors (Lipinski definition) is 0. The Hall–Kier alpha value is 0.974. The molecule has 0 aliphatic heterocycles. The Labute approximate surface area is 144 Å². The van der Waals surface area contributed by atoms with Crippen molar-refractivity contribution >= 4 is 37.4 Å². The molecule has 5 heteroatoms. The Bertz CT molecular complexity index is 246. The summed E-state index contributed by atoms with van der Waals surface area (Å²) in [6.45, 7) is 17.9. The van der Waals surface area contributed by atoms with Gasteiger partial charge in [-0.25, -0.2) is 0 Å². The van der Waals surface area contributed by atoms with Crippen molar-refractivity contribution in [1.82, 2.24) is 0 Å². The lowest BCUT2D eigenvalue weighted by Gasteiger charge is -2.38. The third-order valence-electron chi connectivity index (χ3n) is 3.22. The maximum Gasteiger partial charge on any atom is 0.281 e. The molecule has 0 N–H and O–H groups in total. The first-order chi connectivity index (χ1) is 9.37. The zero-order valence-corrected chi connectivity index (χ0v) is 18.8. The minimum Gasteiger partial charge on any atom is -0.433 e. The summed E-state index contributed by atoms with van der Waals surface area (Å²) < 4.78 is 6.68. The second kappa shape index (κ2) is 9.31. The van der Waals surface area contributed by atoms with Gasteiger partial charge in [-0.05, 0) is 47.8 Å². The van der Waals surface area contributed by atoms with E-state index in [1.165, 1.54) is 0 Å². The third kappa shape index (κ3) is 10.4. The van der Waals surface area contributed by atoms with Crippen LogP contribution < -0.4 is 0 Å². The number of halogens is 2. The van der Waals surface area contributed by atoms with Gasteiger partial charge >= 0.3 is 0 Å². The summed E-state index contributed by atoms with van der Waals surface area (Å²) in [6, 6.07) is 4.02. The molecule has 0 aromatic heterocycles. The molecular weight excluding hydrogens is 335 g/mol. The third-order valence-corrected chi connectivity index (χ3v) is 15.1. The average Bonchev–Trinajstić information content (AvgIpc) is 2.07. The van der Waals surface area contributed by atoms with Crippen molar-refractivity contribution < 1.29 is 4.12 Å². The molecule has 21 heavy (non-hydrogen) atoms. The summed E-state index contributed by atoms with van der Waals surface area (Å²) in [5, 5.41) is 0. The van der Waals surface area contributed by atoms with Gasteiger partial charge in [0.15, 0.2) is 0 Å². The van der Waals surface area contributed by atoms with Gasteiger partial charge in [0.1, 0.15) is 0 Å². The highest BCUT2D eigenvalue weighted by molar-refractivity contribution is 7.26. The van der Waals surface area contributed by atoms with E-state index in [-0.39, 0.29) is 0 Å². The summed E-state index contributed by atoms with van der Waals surface area (Å²) in [5.74, 6) is 2.28. The minimum atomic E-state index is -2.24. The van der Waals surface area contributed by atoms with E-state index in [1.807, 2.05) is 0 Å². The Morgan fingerprint density at radius 2 is 0.762 bits per heavy atom. The summed E-state index contributed by atoms with van der Waals surface area (Å²) in [4.78, 5) is 0. The first-order valence-electron chi connectivity index (χ1n) is 8.45.